The molecule has 0 amide bonds. The van der Waals surface area contributed by atoms with Crippen molar-refractivity contribution >= 4 is 5.97 Å². The molecule has 0 spiro atoms. The summed E-state index contributed by atoms with van der Waals surface area (Å²) < 4.78 is 23.4. The summed E-state index contributed by atoms with van der Waals surface area (Å²) in [5.74, 6) is 0.576. The summed E-state index contributed by atoms with van der Waals surface area (Å²) >= 11 is 0. The first-order valence-corrected chi connectivity index (χ1v) is 10.5. The molecular weight excluding hydrogens is 356 g/mol. The van der Waals surface area contributed by atoms with E-state index in [9.17, 15) is 4.79 Å². The lowest BCUT2D eigenvalue weighted by Gasteiger charge is -2.32. The van der Waals surface area contributed by atoms with Gasteiger partial charge in [-0.25, -0.2) is 0 Å². The molecule has 1 heterocycles. The average molecular weight is 397 g/mol. The summed E-state index contributed by atoms with van der Waals surface area (Å²) in [5.41, 5.74) is 1.27. The van der Waals surface area contributed by atoms with Gasteiger partial charge in [0.05, 0.1) is 12.4 Å². The van der Waals surface area contributed by atoms with Crippen LogP contribution in [0.15, 0.2) is 23.7 Å². The maximum absolute atomic E-state index is 11.5. The SMILES string of the molecule is CCC(C)=C1CC(C)C(C)(OC=CC(OC)C(C)C(OC(C)=O)C(C)CC)O1. The standard InChI is InChI=1S/C23H40O5/c1-10-15(3)21-14-17(5)23(8,28-21)26-13-12-20(25-9)18(6)22(16(4)11-2)27-19(7)24/h12-13,16-18,20,22H,10-11,14H2,1-9H3. The van der Waals surface area contributed by atoms with Gasteiger partial charge in [-0.2, -0.15) is 0 Å². The Morgan fingerprint density at radius 1 is 1.32 bits per heavy atom. The second-order valence-corrected chi connectivity index (χ2v) is 8.25. The maximum Gasteiger partial charge on any atom is 0.302 e. The Morgan fingerprint density at radius 3 is 2.46 bits per heavy atom. The molecule has 28 heavy (non-hydrogen) atoms. The second kappa shape index (κ2) is 10.9. The largest absolute Gasteiger partial charge is 0.462 e. The van der Waals surface area contributed by atoms with Gasteiger partial charge in [0.2, 0.25) is 5.79 Å². The molecule has 0 aromatic heterocycles. The third-order valence-electron chi connectivity index (χ3n) is 6.10. The zero-order valence-corrected chi connectivity index (χ0v) is 19.2. The molecule has 1 fully saturated rings. The summed E-state index contributed by atoms with van der Waals surface area (Å²) in [7, 11) is 1.66. The molecule has 0 aromatic rings. The molecule has 0 aromatic carbocycles. The van der Waals surface area contributed by atoms with Crippen LogP contribution in [0.1, 0.15) is 74.7 Å². The third-order valence-corrected chi connectivity index (χ3v) is 6.10. The lowest BCUT2D eigenvalue weighted by atomic mass is 9.87. The number of carbonyl (C=O) groups is 1. The maximum atomic E-state index is 11.5. The minimum absolute atomic E-state index is 0.00350. The van der Waals surface area contributed by atoms with Crippen molar-refractivity contribution in [2.75, 3.05) is 7.11 Å². The average Bonchev–Trinajstić information content (AvgIpc) is 2.96. The van der Waals surface area contributed by atoms with Gasteiger partial charge in [0, 0.05) is 39.2 Å². The molecule has 0 radical (unpaired) electrons. The van der Waals surface area contributed by atoms with Crippen molar-refractivity contribution in [2.24, 2.45) is 17.8 Å². The minimum atomic E-state index is -0.685. The Bertz CT molecular complexity index is 567. The van der Waals surface area contributed by atoms with Crippen LogP contribution in [0, 0.1) is 17.8 Å². The van der Waals surface area contributed by atoms with Crippen LogP contribution in [0.4, 0.5) is 0 Å². The van der Waals surface area contributed by atoms with Crippen LogP contribution in [-0.4, -0.2) is 31.1 Å². The van der Waals surface area contributed by atoms with E-state index in [-0.39, 0.29) is 35.9 Å². The Hall–Kier alpha value is -1.49. The van der Waals surface area contributed by atoms with Crippen LogP contribution in [0.25, 0.3) is 0 Å². The fourth-order valence-electron chi connectivity index (χ4n) is 3.52. The number of hydrogen-bond donors (Lipinski definition) is 0. The molecule has 1 aliphatic rings. The summed E-state index contributed by atoms with van der Waals surface area (Å²) in [6.07, 6.45) is 5.91. The fourth-order valence-corrected chi connectivity index (χ4v) is 3.52. The van der Waals surface area contributed by atoms with Gasteiger partial charge < -0.3 is 18.9 Å². The van der Waals surface area contributed by atoms with Crippen molar-refractivity contribution in [1.29, 1.82) is 0 Å². The number of methoxy groups -OCH3 is 1. The van der Waals surface area contributed by atoms with E-state index < -0.39 is 5.79 Å². The molecule has 162 valence electrons. The monoisotopic (exact) mass is 396 g/mol. The quantitative estimate of drug-likeness (QED) is 0.355. The van der Waals surface area contributed by atoms with E-state index in [0.717, 1.165) is 25.0 Å². The fraction of sp³-hybridized carbons (Fsp3) is 0.783. The highest BCUT2D eigenvalue weighted by Gasteiger charge is 2.43. The Balaban J connectivity index is 2.85. The van der Waals surface area contributed by atoms with Crippen molar-refractivity contribution in [2.45, 2.75) is 92.6 Å². The third kappa shape index (κ3) is 6.26. The lowest BCUT2D eigenvalue weighted by molar-refractivity contribution is -0.168. The van der Waals surface area contributed by atoms with Crippen LogP contribution >= 0.6 is 0 Å². The number of hydrogen-bond acceptors (Lipinski definition) is 5. The predicted molar refractivity (Wildman–Crippen MR) is 111 cm³/mol. The van der Waals surface area contributed by atoms with Crippen LogP contribution < -0.4 is 0 Å². The first-order chi connectivity index (χ1) is 13.1. The van der Waals surface area contributed by atoms with Gasteiger partial charge in [0.1, 0.15) is 11.9 Å². The molecule has 6 atom stereocenters. The van der Waals surface area contributed by atoms with E-state index in [0.29, 0.717) is 0 Å². The van der Waals surface area contributed by atoms with Crippen molar-refractivity contribution < 1.29 is 23.7 Å². The zero-order chi connectivity index (χ0) is 21.5. The molecule has 1 aliphatic heterocycles. The van der Waals surface area contributed by atoms with Crippen LogP contribution in [-0.2, 0) is 23.7 Å². The highest BCUT2D eigenvalue weighted by Crippen LogP contribution is 2.41. The van der Waals surface area contributed by atoms with Gasteiger partial charge in [0.15, 0.2) is 0 Å². The zero-order valence-electron chi connectivity index (χ0n) is 19.2. The first kappa shape index (κ1) is 24.5. The summed E-state index contributed by atoms with van der Waals surface area (Å²) in [6.45, 7) is 16.0. The van der Waals surface area contributed by atoms with E-state index in [4.69, 9.17) is 18.9 Å². The molecule has 6 unspecified atom stereocenters. The van der Waals surface area contributed by atoms with E-state index in [1.807, 2.05) is 19.9 Å². The Morgan fingerprint density at radius 2 is 1.96 bits per heavy atom. The van der Waals surface area contributed by atoms with E-state index in [2.05, 4.69) is 34.6 Å². The second-order valence-electron chi connectivity index (χ2n) is 8.25. The molecule has 0 bridgehead atoms. The van der Waals surface area contributed by atoms with Crippen molar-refractivity contribution in [1.82, 2.24) is 0 Å². The lowest BCUT2D eigenvalue weighted by Crippen LogP contribution is -2.37. The molecule has 5 nitrogen and oxygen atoms in total. The first-order valence-electron chi connectivity index (χ1n) is 10.5. The normalized spacial score (nSPS) is 28.4. The van der Waals surface area contributed by atoms with Gasteiger partial charge in [-0.05, 0) is 30.9 Å². The number of allylic oxidation sites excluding steroid dienone is 2. The molecule has 1 saturated heterocycles. The predicted octanol–water partition coefficient (Wildman–Crippen LogP) is 5.60. The molecule has 0 aliphatic carbocycles. The van der Waals surface area contributed by atoms with Gasteiger partial charge in [0.25, 0.3) is 0 Å². The van der Waals surface area contributed by atoms with Crippen molar-refractivity contribution in [3.8, 4) is 0 Å². The number of rotatable bonds is 10. The van der Waals surface area contributed by atoms with E-state index >= 15 is 0 Å². The smallest absolute Gasteiger partial charge is 0.302 e. The minimum Gasteiger partial charge on any atom is -0.462 e. The summed E-state index contributed by atoms with van der Waals surface area (Å²) in [4.78, 5) is 11.5. The number of carbonyl (C=O) groups excluding carboxylic acids is 1. The highest BCUT2D eigenvalue weighted by molar-refractivity contribution is 5.66. The van der Waals surface area contributed by atoms with Gasteiger partial charge >= 0.3 is 5.97 Å². The number of esters is 1. The van der Waals surface area contributed by atoms with Crippen LogP contribution in [0.3, 0.4) is 0 Å². The van der Waals surface area contributed by atoms with Gasteiger partial charge in [-0.3, -0.25) is 4.79 Å². The van der Waals surface area contributed by atoms with E-state index in [1.54, 1.807) is 13.4 Å². The number of ether oxygens (including phenoxy) is 4. The molecule has 0 N–H and O–H groups in total. The Kier molecular flexibility index (Phi) is 9.55. The molecule has 5 heteroatoms. The Labute approximate surface area is 171 Å². The summed E-state index contributed by atoms with van der Waals surface area (Å²) in [5, 5.41) is 0. The van der Waals surface area contributed by atoms with Crippen LogP contribution in [0.5, 0.6) is 0 Å². The van der Waals surface area contributed by atoms with Gasteiger partial charge in [-0.1, -0.05) is 41.0 Å². The molecule has 1 rings (SSSR count). The van der Waals surface area contributed by atoms with E-state index in [1.165, 1.54) is 12.5 Å². The molecular formula is C23H40O5. The van der Waals surface area contributed by atoms with Gasteiger partial charge in [-0.15, -0.1) is 0 Å². The topological polar surface area (TPSA) is 54.0 Å². The van der Waals surface area contributed by atoms with Crippen molar-refractivity contribution in [3.63, 3.8) is 0 Å². The summed E-state index contributed by atoms with van der Waals surface area (Å²) in [6, 6.07) is 0. The van der Waals surface area contributed by atoms with Crippen molar-refractivity contribution in [3.05, 3.63) is 23.7 Å². The highest BCUT2D eigenvalue weighted by atomic mass is 16.7. The molecule has 0 saturated carbocycles. The van der Waals surface area contributed by atoms with Crippen LogP contribution in [0.2, 0.25) is 0 Å².